The van der Waals surface area contributed by atoms with Gasteiger partial charge >= 0.3 is 29.8 Å². The Morgan fingerprint density at radius 2 is 1.70 bits per heavy atom. The minimum atomic E-state index is -1.98. The van der Waals surface area contributed by atoms with Crippen LogP contribution in [0.1, 0.15) is 34.1 Å². The molecule has 0 bridgehead atoms. The van der Waals surface area contributed by atoms with Crippen LogP contribution in [0.5, 0.6) is 0 Å². The van der Waals surface area contributed by atoms with E-state index in [-0.39, 0.29) is 6.42 Å². The lowest BCUT2D eigenvalue weighted by molar-refractivity contribution is -0.220. The first kappa shape index (κ1) is 34.9. The van der Waals surface area contributed by atoms with Gasteiger partial charge in [-0.15, -0.1) is 0 Å². The number of amides is 1. The summed E-state index contributed by atoms with van der Waals surface area (Å²) < 4.78 is 32.6. The first-order valence-electron chi connectivity index (χ1n) is 12.8. The third-order valence-corrected chi connectivity index (χ3v) is 7.03. The zero-order valence-electron chi connectivity index (χ0n) is 24.0. The van der Waals surface area contributed by atoms with Crippen molar-refractivity contribution in [3.8, 4) is 0 Å². The monoisotopic (exact) mass is 624 g/mol. The fraction of sp³-hybridized carbons (Fsp3) is 0.538. The molecule has 16 nitrogen and oxygen atoms in total. The predicted molar refractivity (Wildman–Crippen MR) is 146 cm³/mol. The van der Waals surface area contributed by atoms with Gasteiger partial charge in [0.2, 0.25) is 4.93 Å². The van der Waals surface area contributed by atoms with Gasteiger partial charge in [-0.25, -0.2) is 4.79 Å². The minimum absolute atomic E-state index is 0.380. The van der Waals surface area contributed by atoms with E-state index in [4.69, 9.17) is 34.0 Å². The quantitative estimate of drug-likeness (QED) is 0.108. The van der Waals surface area contributed by atoms with Gasteiger partial charge < -0.3 is 33.7 Å². The Hall–Kier alpha value is -4.34. The average Bonchev–Trinajstić information content (AvgIpc) is 2.93. The highest BCUT2D eigenvalue weighted by Gasteiger charge is 2.58. The maximum Gasteiger partial charge on any atom is 0.349 e. The Morgan fingerprint density at radius 3 is 2.23 bits per heavy atom. The van der Waals surface area contributed by atoms with Crippen LogP contribution in [0, 0.1) is 0 Å². The topological polar surface area (TPSA) is 219 Å². The van der Waals surface area contributed by atoms with E-state index >= 15 is 0 Å². The van der Waals surface area contributed by atoms with E-state index in [9.17, 15) is 28.8 Å². The second-order valence-electron chi connectivity index (χ2n) is 9.10. The van der Waals surface area contributed by atoms with E-state index in [1.54, 1.807) is 30.3 Å². The van der Waals surface area contributed by atoms with Crippen molar-refractivity contribution in [3.63, 3.8) is 0 Å². The lowest BCUT2D eigenvalue weighted by Gasteiger charge is -2.48. The molecule has 1 aromatic rings. The fourth-order valence-electron chi connectivity index (χ4n) is 4.27. The molecule has 1 amide bonds. The SMILES string of the molecule is COC(=O)C1(Sc2ccccc2)CC(OC(C)=O)C(NC(=O)COC(C)=O)C(C(OC(C)=O)C(CN=[N+]=[N-])OC(C)=O)O1. The molecule has 1 heterocycles. The largest absolute Gasteiger partial charge is 0.466 e. The van der Waals surface area contributed by atoms with E-state index in [2.05, 4.69) is 15.3 Å². The lowest BCUT2D eigenvalue weighted by atomic mass is 9.89. The Morgan fingerprint density at radius 1 is 1.05 bits per heavy atom. The van der Waals surface area contributed by atoms with Crippen LogP contribution in [0.25, 0.3) is 10.4 Å². The number of ether oxygens (including phenoxy) is 6. The molecule has 1 aliphatic heterocycles. The molecule has 0 radical (unpaired) electrons. The van der Waals surface area contributed by atoms with Crippen LogP contribution in [0.15, 0.2) is 40.3 Å². The summed E-state index contributed by atoms with van der Waals surface area (Å²) in [6, 6.07) is 7.10. The number of carbonyl (C=O) groups is 6. The summed E-state index contributed by atoms with van der Waals surface area (Å²) in [7, 11) is 1.11. The van der Waals surface area contributed by atoms with Crippen molar-refractivity contribution >= 4 is 47.5 Å². The smallest absolute Gasteiger partial charge is 0.349 e. The lowest BCUT2D eigenvalue weighted by Crippen LogP contribution is -2.68. The van der Waals surface area contributed by atoms with Crippen LogP contribution < -0.4 is 5.32 Å². The summed E-state index contributed by atoms with van der Waals surface area (Å²) in [5.74, 6) is -5.10. The molecule has 0 spiro atoms. The molecule has 43 heavy (non-hydrogen) atoms. The Bertz CT molecular complexity index is 1240. The third-order valence-electron chi connectivity index (χ3n) is 5.76. The van der Waals surface area contributed by atoms with Crippen molar-refractivity contribution in [2.45, 2.75) is 74.4 Å². The second-order valence-corrected chi connectivity index (χ2v) is 10.4. The molecule has 2 rings (SSSR count). The normalized spacial score (nSPS) is 22.4. The Kier molecular flexibility index (Phi) is 13.2. The fourth-order valence-corrected chi connectivity index (χ4v) is 5.52. The number of nitrogens with one attached hydrogen (secondary N) is 1. The van der Waals surface area contributed by atoms with E-state index in [1.807, 2.05) is 0 Å². The molecular formula is C26H32N4O12S. The van der Waals surface area contributed by atoms with Crippen molar-refractivity contribution in [3.05, 3.63) is 40.8 Å². The Labute approximate surface area is 250 Å². The molecule has 6 unspecified atom stereocenters. The summed E-state index contributed by atoms with van der Waals surface area (Å²) >= 11 is 0.894. The standard InChI is InChI=1S/C26H32N4O12S/c1-14(31)38-13-21(35)29-22-19(39-15(2)32)11-26(25(36)37-5,43-18-9-7-6-8-10-18)42-24(22)23(41-17(4)34)20(12-28-30-27)40-16(3)33/h6-10,19-20,22-24H,11-13H2,1-5H3,(H,29,35). The zero-order valence-corrected chi connectivity index (χ0v) is 24.9. The van der Waals surface area contributed by atoms with E-state index in [1.165, 1.54) is 0 Å². The number of carbonyl (C=O) groups excluding carboxylic acids is 6. The molecule has 0 aromatic heterocycles. The zero-order chi connectivity index (χ0) is 32.2. The number of hydrogen-bond donors (Lipinski definition) is 1. The van der Waals surface area contributed by atoms with Gasteiger partial charge in [0.1, 0.15) is 18.3 Å². The summed E-state index contributed by atoms with van der Waals surface area (Å²) in [5.41, 5.74) is 8.95. The molecule has 6 atom stereocenters. The first-order chi connectivity index (χ1) is 20.3. The van der Waals surface area contributed by atoms with Gasteiger partial charge in [0.05, 0.1) is 19.7 Å². The minimum Gasteiger partial charge on any atom is -0.466 e. The number of azide groups is 1. The number of rotatable bonds is 13. The summed E-state index contributed by atoms with van der Waals surface area (Å²) in [5, 5.41) is 5.98. The molecule has 1 aliphatic rings. The number of hydrogen-bond acceptors (Lipinski definition) is 14. The molecule has 1 N–H and O–H groups in total. The molecule has 234 valence electrons. The predicted octanol–water partition coefficient (Wildman–Crippen LogP) is 1.59. The van der Waals surface area contributed by atoms with Crippen molar-refractivity contribution in [2.75, 3.05) is 20.3 Å². The maximum atomic E-state index is 13.4. The number of benzene rings is 1. The van der Waals surface area contributed by atoms with E-state index in [0.717, 1.165) is 46.6 Å². The summed E-state index contributed by atoms with van der Waals surface area (Å²) in [6.07, 6.45) is -6.48. The number of thioether (sulfide) groups is 1. The van der Waals surface area contributed by atoms with Crippen LogP contribution in [-0.4, -0.2) is 91.4 Å². The van der Waals surface area contributed by atoms with Crippen LogP contribution in [0.4, 0.5) is 0 Å². The van der Waals surface area contributed by atoms with Crippen molar-refractivity contribution in [1.29, 1.82) is 0 Å². The molecule has 1 saturated heterocycles. The average molecular weight is 625 g/mol. The van der Waals surface area contributed by atoms with Gasteiger partial charge in [-0.1, -0.05) is 35.1 Å². The Balaban J connectivity index is 2.79. The van der Waals surface area contributed by atoms with Crippen LogP contribution in [-0.2, 0) is 57.2 Å². The van der Waals surface area contributed by atoms with Gasteiger partial charge in [-0.3, -0.25) is 24.0 Å². The number of esters is 5. The molecule has 1 aromatic carbocycles. The van der Waals surface area contributed by atoms with Crippen LogP contribution in [0.2, 0.25) is 0 Å². The van der Waals surface area contributed by atoms with E-state index in [0.29, 0.717) is 4.90 Å². The van der Waals surface area contributed by atoms with Crippen LogP contribution in [0.3, 0.4) is 0 Å². The number of nitrogens with zero attached hydrogens (tertiary/aromatic N) is 3. The van der Waals surface area contributed by atoms with Gasteiger partial charge in [-0.2, -0.15) is 0 Å². The molecule has 1 fully saturated rings. The summed E-state index contributed by atoms with van der Waals surface area (Å²) in [6.45, 7) is 2.98. The maximum absolute atomic E-state index is 13.4. The van der Waals surface area contributed by atoms with Crippen molar-refractivity contribution in [1.82, 2.24) is 5.32 Å². The van der Waals surface area contributed by atoms with Gasteiger partial charge in [0.25, 0.3) is 5.91 Å². The molecule has 0 aliphatic carbocycles. The first-order valence-corrected chi connectivity index (χ1v) is 13.6. The summed E-state index contributed by atoms with van der Waals surface area (Å²) in [4.78, 5) is 75.4. The van der Waals surface area contributed by atoms with Gasteiger partial charge in [0.15, 0.2) is 12.7 Å². The van der Waals surface area contributed by atoms with E-state index < -0.39 is 84.3 Å². The highest BCUT2D eigenvalue weighted by molar-refractivity contribution is 8.01. The number of methoxy groups -OCH3 is 1. The molecular weight excluding hydrogens is 592 g/mol. The van der Waals surface area contributed by atoms with Crippen molar-refractivity contribution < 1.29 is 57.2 Å². The highest BCUT2D eigenvalue weighted by atomic mass is 32.2. The highest BCUT2D eigenvalue weighted by Crippen LogP contribution is 2.45. The van der Waals surface area contributed by atoms with Crippen molar-refractivity contribution in [2.24, 2.45) is 5.11 Å². The second kappa shape index (κ2) is 16.3. The molecule has 0 saturated carbocycles. The molecule has 17 heteroatoms. The third kappa shape index (κ3) is 10.5. The van der Waals surface area contributed by atoms with Crippen LogP contribution >= 0.6 is 11.8 Å². The van der Waals surface area contributed by atoms with Gasteiger partial charge in [0, 0.05) is 43.9 Å². The van der Waals surface area contributed by atoms with Gasteiger partial charge in [-0.05, 0) is 17.7 Å².